The monoisotopic (exact) mass is 391 g/mol. The maximum Gasteiger partial charge on any atom is 0.273 e. The van der Waals surface area contributed by atoms with Crippen LogP contribution in [0.3, 0.4) is 0 Å². The smallest absolute Gasteiger partial charge is 0.273 e. The molecule has 6 nitrogen and oxygen atoms in total. The second-order valence-electron chi connectivity index (χ2n) is 7.25. The number of carbonyl (C=O) groups is 1. The number of aryl methyl sites for hydroxylation is 1. The molecule has 1 aliphatic heterocycles. The third-order valence-corrected chi connectivity index (χ3v) is 5.37. The van der Waals surface area contributed by atoms with Crippen LogP contribution in [0, 0.1) is 6.92 Å². The topological polar surface area (TPSA) is 67.5 Å². The molecule has 0 radical (unpaired) electrons. The van der Waals surface area contributed by atoms with Gasteiger partial charge in [-0.05, 0) is 31.0 Å². The summed E-state index contributed by atoms with van der Waals surface area (Å²) < 4.78 is 10.5. The molecule has 2 aromatic carbocycles. The number of ether oxygens (including phenoxy) is 2. The highest BCUT2D eigenvalue weighted by Gasteiger charge is 2.41. The summed E-state index contributed by atoms with van der Waals surface area (Å²) in [5, 5.41) is 7.50. The molecule has 0 aliphatic carbocycles. The van der Waals surface area contributed by atoms with Gasteiger partial charge in [-0.15, -0.1) is 0 Å². The molecule has 0 fully saturated rings. The highest BCUT2D eigenvalue weighted by Crippen LogP contribution is 2.43. The zero-order chi connectivity index (χ0) is 20.4. The average Bonchev–Trinajstić information content (AvgIpc) is 3.28. The zero-order valence-electron chi connectivity index (χ0n) is 16.9. The number of hydrogen-bond donors (Lipinski definition) is 1. The van der Waals surface area contributed by atoms with Gasteiger partial charge in [0.15, 0.2) is 0 Å². The van der Waals surface area contributed by atoms with Crippen LogP contribution >= 0.6 is 0 Å². The molecular formula is C23H25N3O3. The molecule has 1 N–H and O–H groups in total. The van der Waals surface area contributed by atoms with Gasteiger partial charge in [0.1, 0.15) is 11.4 Å². The van der Waals surface area contributed by atoms with E-state index in [2.05, 4.69) is 41.4 Å². The lowest BCUT2D eigenvalue weighted by atomic mass is 9.95. The van der Waals surface area contributed by atoms with E-state index in [1.165, 1.54) is 5.56 Å². The van der Waals surface area contributed by atoms with E-state index in [9.17, 15) is 4.79 Å². The molecule has 1 atom stereocenters. The van der Waals surface area contributed by atoms with E-state index in [1.807, 2.05) is 29.2 Å². The van der Waals surface area contributed by atoms with Crippen molar-refractivity contribution < 1.29 is 14.3 Å². The Balaban J connectivity index is 1.79. The number of aromatic nitrogens is 2. The highest BCUT2D eigenvalue weighted by atomic mass is 16.5. The van der Waals surface area contributed by atoms with Gasteiger partial charge in [-0.1, -0.05) is 42.0 Å². The second kappa shape index (κ2) is 8.09. The molecule has 150 valence electrons. The summed E-state index contributed by atoms with van der Waals surface area (Å²) in [6, 6.07) is 15.9. The van der Waals surface area contributed by atoms with E-state index in [0.717, 1.165) is 34.6 Å². The van der Waals surface area contributed by atoms with Crippen molar-refractivity contribution in [2.24, 2.45) is 0 Å². The van der Waals surface area contributed by atoms with E-state index in [4.69, 9.17) is 9.47 Å². The molecule has 29 heavy (non-hydrogen) atoms. The fourth-order valence-corrected chi connectivity index (χ4v) is 3.87. The maximum atomic E-state index is 13.2. The molecule has 1 amide bonds. The number of nitrogens with one attached hydrogen (secondary N) is 1. The van der Waals surface area contributed by atoms with Crippen molar-refractivity contribution in [2.75, 3.05) is 27.4 Å². The van der Waals surface area contributed by atoms with Crippen molar-refractivity contribution in [3.05, 3.63) is 70.9 Å². The van der Waals surface area contributed by atoms with Crippen molar-refractivity contribution in [3.8, 4) is 17.0 Å². The molecule has 0 spiro atoms. The molecule has 1 aliphatic rings. The molecule has 0 saturated carbocycles. The lowest BCUT2D eigenvalue weighted by Gasteiger charge is -2.26. The molecule has 0 bridgehead atoms. The van der Waals surface area contributed by atoms with Gasteiger partial charge in [-0.3, -0.25) is 9.89 Å². The first kappa shape index (κ1) is 19.2. The van der Waals surface area contributed by atoms with Crippen LogP contribution in [-0.4, -0.2) is 48.4 Å². The summed E-state index contributed by atoms with van der Waals surface area (Å²) in [4.78, 5) is 15.1. The quantitative estimate of drug-likeness (QED) is 0.619. The molecule has 2 heterocycles. The number of amides is 1. The van der Waals surface area contributed by atoms with Crippen LogP contribution in [0.1, 0.15) is 39.6 Å². The third kappa shape index (κ3) is 3.51. The van der Waals surface area contributed by atoms with Crippen LogP contribution < -0.4 is 4.74 Å². The van der Waals surface area contributed by atoms with Gasteiger partial charge in [-0.25, -0.2) is 0 Å². The van der Waals surface area contributed by atoms with E-state index >= 15 is 0 Å². The van der Waals surface area contributed by atoms with Gasteiger partial charge >= 0.3 is 0 Å². The Morgan fingerprint density at radius 3 is 2.45 bits per heavy atom. The molecule has 1 unspecified atom stereocenters. The van der Waals surface area contributed by atoms with Gasteiger partial charge in [0.05, 0.1) is 18.8 Å². The number of carbonyl (C=O) groups excluding carboxylic acids is 1. The largest absolute Gasteiger partial charge is 0.497 e. The number of rotatable bonds is 7. The molecular weight excluding hydrogens is 366 g/mol. The van der Waals surface area contributed by atoms with Gasteiger partial charge in [0, 0.05) is 31.4 Å². The lowest BCUT2D eigenvalue weighted by Crippen LogP contribution is -2.31. The van der Waals surface area contributed by atoms with Crippen LogP contribution in [0.4, 0.5) is 0 Å². The summed E-state index contributed by atoms with van der Waals surface area (Å²) in [5.41, 5.74) is 5.54. The zero-order valence-corrected chi connectivity index (χ0v) is 16.9. The Morgan fingerprint density at radius 2 is 1.79 bits per heavy atom. The van der Waals surface area contributed by atoms with Crippen molar-refractivity contribution in [2.45, 2.75) is 19.4 Å². The third-order valence-electron chi connectivity index (χ3n) is 5.37. The van der Waals surface area contributed by atoms with Crippen LogP contribution in [0.25, 0.3) is 11.3 Å². The first-order valence-electron chi connectivity index (χ1n) is 9.73. The normalized spacial score (nSPS) is 15.6. The molecule has 4 rings (SSSR count). The minimum Gasteiger partial charge on any atom is -0.497 e. The molecule has 0 saturated heterocycles. The van der Waals surface area contributed by atoms with Crippen LogP contribution in [0.15, 0.2) is 48.5 Å². The number of H-pyrrole nitrogens is 1. The fourth-order valence-electron chi connectivity index (χ4n) is 3.87. The molecule has 6 heteroatoms. The number of hydrogen-bond acceptors (Lipinski definition) is 4. The highest BCUT2D eigenvalue weighted by molar-refractivity contribution is 6.00. The summed E-state index contributed by atoms with van der Waals surface area (Å²) in [5.74, 6) is 0.762. The Morgan fingerprint density at radius 1 is 1.07 bits per heavy atom. The number of aromatic amines is 1. The summed E-state index contributed by atoms with van der Waals surface area (Å²) in [6.45, 7) is 3.27. The van der Waals surface area contributed by atoms with E-state index in [0.29, 0.717) is 18.8 Å². The predicted octanol–water partition coefficient (Wildman–Crippen LogP) is 3.98. The summed E-state index contributed by atoms with van der Waals surface area (Å²) in [7, 11) is 3.32. The van der Waals surface area contributed by atoms with Crippen molar-refractivity contribution in [1.82, 2.24) is 15.1 Å². The van der Waals surface area contributed by atoms with E-state index in [1.54, 1.807) is 14.2 Å². The predicted molar refractivity (Wildman–Crippen MR) is 111 cm³/mol. The lowest BCUT2D eigenvalue weighted by molar-refractivity contribution is 0.0723. The van der Waals surface area contributed by atoms with Crippen molar-refractivity contribution in [1.29, 1.82) is 0 Å². The Labute approximate surface area is 170 Å². The maximum absolute atomic E-state index is 13.2. The minimum atomic E-state index is -0.199. The Bertz CT molecular complexity index is 993. The number of nitrogens with zero attached hydrogens (tertiary/aromatic N) is 2. The number of fused-ring (bicyclic) bond motifs is 1. The number of methoxy groups -OCH3 is 2. The standard InChI is InChI=1S/C23H25N3O3/c1-15-5-7-16(8-6-15)20-19-21(25-24-20)23(27)26(13-4-14-28-2)22(19)17-9-11-18(29-3)12-10-17/h5-12,22H,4,13-14H2,1-3H3,(H,24,25). The van der Waals surface area contributed by atoms with E-state index in [-0.39, 0.29) is 11.9 Å². The first-order valence-corrected chi connectivity index (χ1v) is 9.73. The minimum absolute atomic E-state index is 0.0252. The Kier molecular flexibility index (Phi) is 5.36. The average molecular weight is 391 g/mol. The summed E-state index contributed by atoms with van der Waals surface area (Å²) in [6.07, 6.45) is 0.770. The van der Waals surface area contributed by atoms with Gasteiger partial charge < -0.3 is 14.4 Å². The van der Waals surface area contributed by atoms with Crippen molar-refractivity contribution in [3.63, 3.8) is 0 Å². The van der Waals surface area contributed by atoms with Gasteiger partial charge in [-0.2, -0.15) is 5.10 Å². The Hall–Kier alpha value is -3.12. The van der Waals surface area contributed by atoms with Crippen LogP contribution in [-0.2, 0) is 4.74 Å². The molecule has 3 aromatic rings. The van der Waals surface area contributed by atoms with Crippen LogP contribution in [0.5, 0.6) is 5.75 Å². The first-order chi connectivity index (χ1) is 14.1. The van der Waals surface area contributed by atoms with E-state index < -0.39 is 0 Å². The summed E-state index contributed by atoms with van der Waals surface area (Å²) >= 11 is 0. The van der Waals surface area contributed by atoms with Gasteiger partial charge in [0.2, 0.25) is 0 Å². The van der Waals surface area contributed by atoms with Crippen LogP contribution in [0.2, 0.25) is 0 Å². The fraction of sp³-hybridized carbons (Fsp3) is 0.304. The SMILES string of the molecule is COCCCN1C(=O)c2[nH]nc(-c3ccc(C)cc3)c2C1c1ccc(OC)cc1. The van der Waals surface area contributed by atoms with Gasteiger partial charge in [0.25, 0.3) is 5.91 Å². The van der Waals surface area contributed by atoms with Crippen molar-refractivity contribution >= 4 is 5.91 Å². The molecule has 1 aromatic heterocycles. The number of benzene rings is 2. The second-order valence-corrected chi connectivity index (χ2v) is 7.25.